The lowest BCUT2D eigenvalue weighted by atomic mass is 10.1. The van der Waals surface area contributed by atoms with Crippen molar-refractivity contribution in [1.82, 2.24) is 9.55 Å². The number of nitrogens with zero attached hydrogens (tertiary/aromatic N) is 2. The first-order chi connectivity index (χ1) is 8.71. The lowest BCUT2D eigenvalue weighted by Gasteiger charge is -2.14. The van der Waals surface area contributed by atoms with Crippen molar-refractivity contribution < 1.29 is 14.3 Å². The van der Waals surface area contributed by atoms with Gasteiger partial charge in [0.15, 0.2) is 17.8 Å². The Balaban J connectivity index is 2.65. The van der Waals surface area contributed by atoms with Crippen LogP contribution in [0.2, 0.25) is 0 Å². The standard InChI is InChI=1S/C13H14N2O3/c1-9-6-15(8-14-9)11-5-4-10(7-16)12(17-2)13(11)18-3/h4-8H,1-3H3. The molecule has 0 radical (unpaired) electrons. The second-order valence-corrected chi connectivity index (χ2v) is 3.78. The molecule has 0 unspecified atom stereocenters. The number of ether oxygens (including phenoxy) is 2. The third-order valence-electron chi connectivity index (χ3n) is 2.65. The highest BCUT2D eigenvalue weighted by Crippen LogP contribution is 2.36. The van der Waals surface area contributed by atoms with Crippen LogP contribution in [0.25, 0.3) is 5.69 Å². The third-order valence-corrected chi connectivity index (χ3v) is 2.65. The Morgan fingerprint density at radius 3 is 2.44 bits per heavy atom. The molecule has 0 N–H and O–H groups in total. The maximum atomic E-state index is 11.0. The van der Waals surface area contributed by atoms with Crippen molar-refractivity contribution in [1.29, 1.82) is 0 Å². The van der Waals surface area contributed by atoms with Gasteiger partial charge in [-0.3, -0.25) is 4.79 Å². The van der Waals surface area contributed by atoms with Gasteiger partial charge in [-0.1, -0.05) is 0 Å². The van der Waals surface area contributed by atoms with Gasteiger partial charge in [-0.25, -0.2) is 4.98 Å². The van der Waals surface area contributed by atoms with E-state index in [1.165, 1.54) is 7.11 Å². The van der Waals surface area contributed by atoms with Crippen LogP contribution in [0.5, 0.6) is 11.5 Å². The Morgan fingerprint density at radius 2 is 1.94 bits per heavy atom. The van der Waals surface area contributed by atoms with E-state index in [2.05, 4.69) is 4.98 Å². The molecular formula is C13H14N2O3. The van der Waals surface area contributed by atoms with Crippen LogP contribution in [0.15, 0.2) is 24.7 Å². The summed E-state index contributed by atoms with van der Waals surface area (Å²) in [5.74, 6) is 0.941. The SMILES string of the molecule is COc1c(C=O)ccc(-n2cnc(C)c2)c1OC. The number of hydrogen-bond donors (Lipinski definition) is 0. The van der Waals surface area contributed by atoms with E-state index in [1.54, 1.807) is 25.6 Å². The molecule has 0 bridgehead atoms. The number of carbonyl (C=O) groups is 1. The number of hydrogen-bond acceptors (Lipinski definition) is 4. The van der Waals surface area contributed by atoms with Gasteiger partial charge in [-0.05, 0) is 19.1 Å². The fourth-order valence-corrected chi connectivity index (χ4v) is 1.82. The Morgan fingerprint density at radius 1 is 1.22 bits per heavy atom. The summed E-state index contributed by atoms with van der Waals surface area (Å²) in [6.45, 7) is 1.90. The molecule has 18 heavy (non-hydrogen) atoms. The third kappa shape index (κ3) is 1.95. The van der Waals surface area contributed by atoms with Crippen LogP contribution in [-0.4, -0.2) is 30.1 Å². The van der Waals surface area contributed by atoms with Crippen LogP contribution in [0.3, 0.4) is 0 Å². The molecule has 1 heterocycles. The van der Waals surface area contributed by atoms with E-state index in [0.29, 0.717) is 17.1 Å². The molecule has 0 amide bonds. The minimum atomic E-state index is 0.427. The molecule has 0 spiro atoms. The van der Waals surface area contributed by atoms with Crippen molar-refractivity contribution in [2.24, 2.45) is 0 Å². The number of aromatic nitrogens is 2. The van der Waals surface area contributed by atoms with Gasteiger partial charge in [0.25, 0.3) is 0 Å². The van der Waals surface area contributed by atoms with Crippen LogP contribution in [0.1, 0.15) is 16.1 Å². The van der Waals surface area contributed by atoms with Gasteiger partial charge in [-0.15, -0.1) is 0 Å². The molecule has 0 aliphatic carbocycles. The van der Waals surface area contributed by atoms with E-state index in [4.69, 9.17) is 9.47 Å². The molecule has 94 valence electrons. The number of imidazole rings is 1. The van der Waals surface area contributed by atoms with Crippen molar-refractivity contribution in [3.8, 4) is 17.2 Å². The zero-order valence-electron chi connectivity index (χ0n) is 10.5. The minimum Gasteiger partial charge on any atom is -0.492 e. The van der Waals surface area contributed by atoms with E-state index in [0.717, 1.165) is 17.7 Å². The maximum absolute atomic E-state index is 11.0. The Bertz CT molecular complexity index is 576. The molecule has 1 aromatic heterocycles. The Hall–Kier alpha value is -2.30. The van der Waals surface area contributed by atoms with Gasteiger partial charge >= 0.3 is 0 Å². The molecule has 2 rings (SSSR count). The topological polar surface area (TPSA) is 53.4 Å². The van der Waals surface area contributed by atoms with E-state index in [-0.39, 0.29) is 0 Å². The number of methoxy groups -OCH3 is 2. The molecular weight excluding hydrogens is 232 g/mol. The van der Waals surface area contributed by atoms with Crippen LogP contribution >= 0.6 is 0 Å². The normalized spacial score (nSPS) is 10.2. The molecule has 5 heteroatoms. The average molecular weight is 246 g/mol. The minimum absolute atomic E-state index is 0.427. The van der Waals surface area contributed by atoms with Crippen molar-refractivity contribution in [3.63, 3.8) is 0 Å². The highest BCUT2D eigenvalue weighted by atomic mass is 16.5. The highest BCUT2D eigenvalue weighted by Gasteiger charge is 2.15. The van der Waals surface area contributed by atoms with Gasteiger partial charge in [0.2, 0.25) is 0 Å². The molecule has 0 aliphatic heterocycles. The van der Waals surface area contributed by atoms with Gasteiger partial charge in [0.1, 0.15) is 0 Å². The summed E-state index contributed by atoms with van der Waals surface area (Å²) in [5.41, 5.74) is 2.13. The Labute approximate surface area is 105 Å². The number of aryl methyl sites for hydroxylation is 1. The summed E-state index contributed by atoms with van der Waals surface area (Å²) in [6, 6.07) is 3.49. The highest BCUT2D eigenvalue weighted by molar-refractivity contribution is 5.83. The molecule has 2 aromatic rings. The smallest absolute Gasteiger partial charge is 0.185 e. The summed E-state index contributed by atoms with van der Waals surface area (Å²) >= 11 is 0. The number of benzene rings is 1. The van der Waals surface area contributed by atoms with Gasteiger partial charge in [-0.2, -0.15) is 0 Å². The zero-order valence-corrected chi connectivity index (χ0v) is 10.5. The van der Waals surface area contributed by atoms with Crippen molar-refractivity contribution in [2.45, 2.75) is 6.92 Å². The maximum Gasteiger partial charge on any atom is 0.185 e. The average Bonchev–Trinajstić information content (AvgIpc) is 2.83. The van der Waals surface area contributed by atoms with E-state index >= 15 is 0 Å². The van der Waals surface area contributed by atoms with Crippen LogP contribution in [0.4, 0.5) is 0 Å². The molecule has 5 nitrogen and oxygen atoms in total. The van der Waals surface area contributed by atoms with E-state index < -0.39 is 0 Å². The largest absolute Gasteiger partial charge is 0.492 e. The number of rotatable bonds is 4. The first-order valence-electron chi connectivity index (χ1n) is 5.42. The molecule has 0 fully saturated rings. The van der Waals surface area contributed by atoms with Crippen molar-refractivity contribution >= 4 is 6.29 Å². The molecule has 0 saturated carbocycles. The fraction of sp³-hybridized carbons (Fsp3) is 0.231. The van der Waals surface area contributed by atoms with Crippen LogP contribution in [0, 0.1) is 6.92 Å². The lowest BCUT2D eigenvalue weighted by molar-refractivity contribution is 0.112. The van der Waals surface area contributed by atoms with Gasteiger partial charge in [0, 0.05) is 6.20 Å². The summed E-state index contributed by atoms with van der Waals surface area (Å²) in [5, 5.41) is 0. The van der Waals surface area contributed by atoms with Gasteiger partial charge in [0.05, 0.1) is 37.5 Å². The zero-order chi connectivity index (χ0) is 13.1. The molecule has 0 atom stereocenters. The van der Waals surface area contributed by atoms with Crippen LogP contribution < -0.4 is 9.47 Å². The monoisotopic (exact) mass is 246 g/mol. The predicted octanol–water partition coefficient (Wildman–Crippen LogP) is 2.01. The molecule has 0 aliphatic rings. The first-order valence-corrected chi connectivity index (χ1v) is 5.42. The van der Waals surface area contributed by atoms with Crippen molar-refractivity contribution in [2.75, 3.05) is 14.2 Å². The quantitative estimate of drug-likeness (QED) is 0.774. The van der Waals surface area contributed by atoms with E-state index in [9.17, 15) is 4.79 Å². The van der Waals surface area contributed by atoms with Crippen LogP contribution in [-0.2, 0) is 0 Å². The number of aldehydes is 1. The second-order valence-electron chi connectivity index (χ2n) is 3.78. The lowest BCUT2D eigenvalue weighted by Crippen LogP contribution is -2.01. The fourth-order valence-electron chi connectivity index (χ4n) is 1.82. The summed E-state index contributed by atoms with van der Waals surface area (Å²) < 4.78 is 12.4. The number of carbonyl (C=O) groups excluding carboxylic acids is 1. The Kier molecular flexibility index (Phi) is 3.32. The van der Waals surface area contributed by atoms with Gasteiger partial charge < -0.3 is 14.0 Å². The summed E-state index contributed by atoms with van der Waals surface area (Å²) in [4.78, 5) is 15.1. The summed E-state index contributed by atoms with van der Waals surface area (Å²) in [6.07, 6.45) is 4.30. The predicted molar refractivity (Wildman–Crippen MR) is 66.8 cm³/mol. The first kappa shape index (κ1) is 12.2. The second kappa shape index (κ2) is 4.91. The molecule has 0 saturated heterocycles. The van der Waals surface area contributed by atoms with E-state index in [1.807, 2.05) is 17.7 Å². The molecule has 1 aromatic carbocycles. The van der Waals surface area contributed by atoms with Crippen molar-refractivity contribution in [3.05, 3.63) is 35.9 Å². The summed E-state index contributed by atoms with van der Waals surface area (Å²) in [7, 11) is 3.05.